The van der Waals surface area contributed by atoms with Crippen LogP contribution in [-0.2, 0) is 22.3 Å². The number of allylic oxidation sites excluding steroid dienone is 2. The fourth-order valence-corrected chi connectivity index (χ4v) is 3.34. The first kappa shape index (κ1) is 20.7. The highest BCUT2D eigenvalue weighted by atomic mass is 16.7. The topological polar surface area (TPSA) is 71.1 Å². The Hall–Kier alpha value is -3.02. The van der Waals surface area contributed by atoms with Crippen molar-refractivity contribution in [1.29, 1.82) is 0 Å². The molecule has 0 fully saturated rings. The van der Waals surface area contributed by atoms with Crippen molar-refractivity contribution < 1.29 is 28.5 Å². The Balaban J connectivity index is 2.10. The monoisotopic (exact) mass is 398 g/mol. The molecule has 0 saturated carbocycles. The SMILES string of the molecule is CCCOC(=O)Oc1c2c(c(OC(=O)OCCC)c3ccccc13)CC(C)=CC2. The molecule has 1 aliphatic rings. The zero-order chi connectivity index (χ0) is 20.8. The van der Waals surface area contributed by atoms with Gasteiger partial charge in [-0.1, -0.05) is 49.8 Å². The Morgan fingerprint density at radius 3 is 1.90 bits per heavy atom. The second-order valence-corrected chi connectivity index (χ2v) is 6.99. The Morgan fingerprint density at radius 2 is 1.38 bits per heavy atom. The van der Waals surface area contributed by atoms with E-state index in [2.05, 4.69) is 6.08 Å². The molecule has 0 N–H and O–H groups in total. The first-order valence-corrected chi connectivity index (χ1v) is 9.96. The molecule has 0 atom stereocenters. The van der Waals surface area contributed by atoms with Crippen molar-refractivity contribution in [3.63, 3.8) is 0 Å². The van der Waals surface area contributed by atoms with E-state index in [-0.39, 0.29) is 0 Å². The first-order valence-electron chi connectivity index (χ1n) is 9.96. The molecule has 0 spiro atoms. The van der Waals surface area contributed by atoms with Gasteiger partial charge in [-0.05, 0) is 32.6 Å². The van der Waals surface area contributed by atoms with Gasteiger partial charge >= 0.3 is 12.3 Å². The maximum absolute atomic E-state index is 12.2. The molecule has 0 saturated heterocycles. The summed E-state index contributed by atoms with van der Waals surface area (Å²) in [6.07, 6.45) is 3.20. The molecule has 29 heavy (non-hydrogen) atoms. The van der Waals surface area contributed by atoms with E-state index in [0.29, 0.717) is 61.2 Å². The van der Waals surface area contributed by atoms with E-state index in [9.17, 15) is 9.59 Å². The van der Waals surface area contributed by atoms with Crippen LogP contribution in [0.5, 0.6) is 11.5 Å². The van der Waals surface area contributed by atoms with Gasteiger partial charge in [0.25, 0.3) is 0 Å². The minimum Gasteiger partial charge on any atom is -0.434 e. The van der Waals surface area contributed by atoms with Gasteiger partial charge in [-0.3, -0.25) is 0 Å². The highest BCUT2D eigenvalue weighted by molar-refractivity contribution is 5.98. The van der Waals surface area contributed by atoms with Crippen LogP contribution in [-0.4, -0.2) is 25.5 Å². The largest absolute Gasteiger partial charge is 0.513 e. The summed E-state index contributed by atoms with van der Waals surface area (Å²) in [6, 6.07) is 7.38. The first-order chi connectivity index (χ1) is 14.0. The Labute approximate surface area is 170 Å². The maximum Gasteiger partial charge on any atom is 0.513 e. The van der Waals surface area contributed by atoms with Gasteiger partial charge in [0, 0.05) is 21.9 Å². The molecule has 2 aromatic rings. The van der Waals surface area contributed by atoms with Crippen molar-refractivity contribution in [3.8, 4) is 11.5 Å². The Morgan fingerprint density at radius 1 is 0.862 bits per heavy atom. The minimum absolute atomic E-state index is 0.294. The Kier molecular flexibility index (Phi) is 6.75. The molecule has 0 heterocycles. The number of hydrogen-bond donors (Lipinski definition) is 0. The third kappa shape index (κ3) is 4.70. The van der Waals surface area contributed by atoms with E-state index >= 15 is 0 Å². The molecule has 6 nitrogen and oxygen atoms in total. The average Bonchev–Trinajstić information content (AvgIpc) is 2.72. The van der Waals surface area contributed by atoms with Crippen LogP contribution in [0.3, 0.4) is 0 Å². The molecular weight excluding hydrogens is 372 g/mol. The van der Waals surface area contributed by atoms with Crippen LogP contribution in [0.15, 0.2) is 35.9 Å². The summed E-state index contributed by atoms with van der Waals surface area (Å²) >= 11 is 0. The van der Waals surface area contributed by atoms with Crippen molar-refractivity contribution in [1.82, 2.24) is 0 Å². The van der Waals surface area contributed by atoms with E-state index in [1.165, 1.54) is 0 Å². The number of fused-ring (bicyclic) bond motifs is 2. The zero-order valence-electron chi connectivity index (χ0n) is 17.1. The predicted molar refractivity (Wildman–Crippen MR) is 110 cm³/mol. The van der Waals surface area contributed by atoms with Crippen LogP contribution in [0, 0.1) is 0 Å². The quantitative estimate of drug-likeness (QED) is 0.351. The second-order valence-electron chi connectivity index (χ2n) is 6.99. The highest BCUT2D eigenvalue weighted by Crippen LogP contribution is 2.44. The number of benzene rings is 2. The Bertz CT molecular complexity index is 944. The lowest BCUT2D eigenvalue weighted by Crippen LogP contribution is -2.17. The summed E-state index contributed by atoms with van der Waals surface area (Å²) in [7, 11) is 0. The fourth-order valence-electron chi connectivity index (χ4n) is 3.34. The van der Waals surface area contributed by atoms with Gasteiger partial charge in [-0.25, -0.2) is 9.59 Å². The molecule has 1 aliphatic carbocycles. The van der Waals surface area contributed by atoms with E-state index in [1.54, 1.807) is 0 Å². The molecular formula is C23H26O6. The molecule has 0 amide bonds. The van der Waals surface area contributed by atoms with E-state index < -0.39 is 12.3 Å². The third-order valence-electron chi connectivity index (χ3n) is 4.66. The molecule has 0 bridgehead atoms. The number of carbonyl (C=O) groups is 2. The molecule has 6 heteroatoms. The van der Waals surface area contributed by atoms with Crippen LogP contribution in [0.1, 0.15) is 44.7 Å². The van der Waals surface area contributed by atoms with Gasteiger partial charge in [0.15, 0.2) is 0 Å². The average molecular weight is 398 g/mol. The lowest BCUT2D eigenvalue weighted by atomic mass is 9.87. The molecule has 0 radical (unpaired) electrons. The highest BCUT2D eigenvalue weighted by Gasteiger charge is 2.26. The molecule has 0 aliphatic heterocycles. The van der Waals surface area contributed by atoms with Crippen LogP contribution < -0.4 is 9.47 Å². The lowest BCUT2D eigenvalue weighted by molar-refractivity contribution is 0.0971. The van der Waals surface area contributed by atoms with Gasteiger partial charge in [0.05, 0.1) is 13.2 Å². The standard InChI is InChI=1S/C23H26O6/c1-4-12-26-22(24)28-20-16-8-6-7-9-17(16)21(29-23(25)27-13-5-2)19-14-15(3)10-11-18(19)20/h6-10H,4-5,11-14H2,1-3H3. The number of ether oxygens (including phenoxy) is 4. The summed E-state index contributed by atoms with van der Waals surface area (Å²) in [5, 5.41) is 1.37. The van der Waals surface area contributed by atoms with E-state index in [1.807, 2.05) is 45.0 Å². The van der Waals surface area contributed by atoms with E-state index in [4.69, 9.17) is 18.9 Å². The third-order valence-corrected chi connectivity index (χ3v) is 4.66. The molecule has 2 aromatic carbocycles. The lowest BCUT2D eigenvalue weighted by Gasteiger charge is -2.23. The number of rotatable bonds is 6. The van der Waals surface area contributed by atoms with Crippen molar-refractivity contribution >= 4 is 23.1 Å². The van der Waals surface area contributed by atoms with Gasteiger partial charge in [-0.2, -0.15) is 0 Å². The van der Waals surface area contributed by atoms with Crippen LogP contribution >= 0.6 is 0 Å². The molecule has 0 aromatic heterocycles. The minimum atomic E-state index is -0.735. The second kappa shape index (κ2) is 9.45. The summed E-state index contributed by atoms with van der Waals surface area (Å²) in [5.41, 5.74) is 2.80. The van der Waals surface area contributed by atoms with Gasteiger partial charge < -0.3 is 18.9 Å². The van der Waals surface area contributed by atoms with Crippen LogP contribution in [0.25, 0.3) is 10.8 Å². The number of carbonyl (C=O) groups excluding carboxylic acids is 2. The van der Waals surface area contributed by atoms with Crippen molar-refractivity contribution in [2.75, 3.05) is 13.2 Å². The summed E-state index contributed by atoms with van der Waals surface area (Å²) in [4.78, 5) is 24.4. The normalized spacial score (nSPS) is 12.7. The predicted octanol–water partition coefficient (Wildman–Crippen LogP) is 5.74. The molecule has 154 valence electrons. The van der Waals surface area contributed by atoms with Crippen molar-refractivity contribution in [3.05, 3.63) is 47.0 Å². The molecule has 3 rings (SSSR count). The zero-order valence-corrected chi connectivity index (χ0v) is 17.1. The summed E-state index contributed by atoms with van der Waals surface area (Å²) in [6.45, 7) is 6.45. The van der Waals surface area contributed by atoms with Gasteiger partial charge in [0.1, 0.15) is 11.5 Å². The van der Waals surface area contributed by atoms with E-state index in [0.717, 1.165) is 16.7 Å². The van der Waals surface area contributed by atoms with Crippen LogP contribution in [0.4, 0.5) is 9.59 Å². The van der Waals surface area contributed by atoms with Crippen molar-refractivity contribution in [2.24, 2.45) is 0 Å². The number of hydrogen-bond acceptors (Lipinski definition) is 6. The van der Waals surface area contributed by atoms with Gasteiger partial charge in [-0.15, -0.1) is 0 Å². The van der Waals surface area contributed by atoms with Crippen LogP contribution in [0.2, 0.25) is 0 Å². The fraction of sp³-hybridized carbons (Fsp3) is 0.391. The van der Waals surface area contributed by atoms with Gasteiger partial charge in [0.2, 0.25) is 0 Å². The summed E-state index contributed by atoms with van der Waals surface area (Å²) < 4.78 is 21.5. The maximum atomic E-state index is 12.2. The van der Waals surface area contributed by atoms with Crippen molar-refractivity contribution in [2.45, 2.75) is 46.5 Å². The summed E-state index contributed by atoms with van der Waals surface area (Å²) in [5.74, 6) is 0.910. The molecule has 0 unspecified atom stereocenters. The smallest absolute Gasteiger partial charge is 0.434 e.